The van der Waals surface area contributed by atoms with E-state index in [1.54, 1.807) is 25.1 Å². The van der Waals surface area contributed by atoms with Gasteiger partial charge in [0.15, 0.2) is 0 Å². The summed E-state index contributed by atoms with van der Waals surface area (Å²) in [6, 6.07) is 5.08. The van der Waals surface area contributed by atoms with Gasteiger partial charge < -0.3 is 10.2 Å². The quantitative estimate of drug-likeness (QED) is 0.833. The third-order valence-corrected chi connectivity index (χ3v) is 2.64. The number of phenols is 1. The molecule has 0 aliphatic heterocycles. The maximum absolute atomic E-state index is 10.6. The third kappa shape index (κ3) is 3.13. The summed E-state index contributed by atoms with van der Waals surface area (Å²) in [7, 11) is 0. The van der Waals surface area contributed by atoms with E-state index in [0.29, 0.717) is 23.4 Å². The zero-order valence-corrected chi connectivity index (χ0v) is 9.16. The van der Waals surface area contributed by atoms with Crippen LogP contribution in [0.15, 0.2) is 18.2 Å². The number of hydrogen-bond donors (Lipinski definition) is 2. The molecule has 0 aliphatic carbocycles. The van der Waals surface area contributed by atoms with Crippen LogP contribution in [0.1, 0.15) is 18.9 Å². The fourth-order valence-corrected chi connectivity index (χ4v) is 1.45. The number of aryl methyl sites for hydroxylation is 1. The van der Waals surface area contributed by atoms with Gasteiger partial charge in [-0.1, -0.05) is 30.7 Å². The average Bonchev–Trinajstić information content (AvgIpc) is 2.19. The largest absolute Gasteiger partial charge is 0.506 e. The number of aromatic hydroxyl groups is 1. The van der Waals surface area contributed by atoms with Gasteiger partial charge in [-0.2, -0.15) is 0 Å². The molecule has 2 N–H and O–H groups in total. The lowest BCUT2D eigenvalue weighted by molar-refractivity contribution is -0.141. The van der Waals surface area contributed by atoms with Crippen LogP contribution in [0.2, 0.25) is 5.02 Å². The van der Waals surface area contributed by atoms with Crippen LogP contribution in [0.4, 0.5) is 0 Å². The van der Waals surface area contributed by atoms with E-state index in [9.17, 15) is 9.90 Å². The molecule has 1 unspecified atom stereocenters. The number of hydrogen-bond acceptors (Lipinski definition) is 2. The smallest absolute Gasteiger partial charge is 0.306 e. The van der Waals surface area contributed by atoms with Crippen molar-refractivity contribution in [2.24, 2.45) is 5.92 Å². The molecule has 1 rings (SSSR count). The van der Waals surface area contributed by atoms with Crippen molar-refractivity contribution in [2.75, 3.05) is 0 Å². The Balaban J connectivity index is 2.66. The second kappa shape index (κ2) is 5.03. The molecule has 0 saturated heterocycles. The summed E-state index contributed by atoms with van der Waals surface area (Å²) >= 11 is 5.73. The van der Waals surface area contributed by atoms with Crippen LogP contribution in [0.25, 0.3) is 0 Å². The zero-order valence-electron chi connectivity index (χ0n) is 8.40. The number of carboxylic acid groups (broad SMARTS) is 1. The lowest BCUT2D eigenvalue weighted by Crippen LogP contribution is -2.10. The standard InChI is InChI=1S/C11H13ClO3/c1-7(11(14)15)5-6-8-3-2-4-9(12)10(8)13/h2-4,7,13H,5-6H2,1H3,(H,14,15). The molecular formula is C11H13ClO3. The molecule has 1 aromatic carbocycles. The molecule has 82 valence electrons. The normalized spacial score (nSPS) is 12.4. The molecule has 3 nitrogen and oxygen atoms in total. The number of halogens is 1. The Morgan fingerprint density at radius 1 is 1.53 bits per heavy atom. The molecule has 0 aromatic heterocycles. The maximum Gasteiger partial charge on any atom is 0.306 e. The minimum absolute atomic E-state index is 0.0526. The minimum atomic E-state index is -0.823. The minimum Gasteiger partial charge on any atom is -0.506 e. The molecule has 0 heterocycles. The number of benzene rings is 1. The Kier molecular flexibility index (Phi) is 3.97. The Hall–Kier alpha value is -1.22. The average molecular weight is 229 g/mol. The topological polar surface area (TPSA) is 57.5 Å². The third-order valence-electron chi connectivity index (χ3n) is 2.34. The van der Waals surface area contributed by atoms with Crippen molar-refractivity contribution in [2.45, 2.75) is 19.8 Å². The fourth-order valence-electron chi connectivity index (χ4n) is 1.26. The number of carboxylic acids is 1. The van der Waals surface area contributed by atoms with Gasteiger partial charge in [0.1, 0.15) is 5.75 Å². The number of para-hydroxylation sites is 1. The Bertz CT molecular complexity index is 363. The first kappa shape index (κ1) is 11.9. The van der Waals surface area contributed by atoms with Crippen LogP contribution in [0.3, 0.4) is 0 Å². The van der Waals surface area contributed by atoms with E-state index in [2.05, 4.69) is 0 Å². The fraction of sp³-hybridized carbons (Fsp3) is 0.364. The number of phenolic OH excluding ortho intramolecular Hbond substituents is 1. The van der Waals surface area contributed by atoms with E-state index in [0.717, 1.165) is 0 Å². The summed E-state index contributed by atoms with van der Waals surface area (Å²) in [4.78, 5) is 10.6. The number of aliphatic carboxylic acids is 1. The molecule has 0 saturated carbocycles. The molecule has 0 bridgehead atoms. The highest BCUT2D eigenvalue weighted by atomic mass is 35.5. The molecule has 4 heteroatoms. The maximum atomic E-state index is 10.6. The first-order chi connectivity index (χ1) is 7.02. The first-order valence-electron chi connectivity index (χ1n) is 4.71. The highest BCUT2D eigenvalue weighted by Crippen LogP contribution is 2.28. The highest BCUT2D eigenvalue weighted by molar-refractivity contribution is 6.32. The van der Waals surface area contributed by atoms with Crippen LogP contribution in [-0.4, -0.2) is 16.2 Å². The van der Waals surface area contributed by atoms with Crippen molar-refractivity contribution in [3.63, 3.8) is 0 Å². The van der Waals surface area contributed by atoms with Crippen LogP contribution in [0.5, 0.6) is 5.75 Å². The highest BCUT2D eigenvalue weighted by Gasteiger charge is 2.12. The number of rotatable bonds is 4. The second-order valence-corrected chi connectivity index (χ2v) is 3.93. The molecule has 0 fully saturated rings. The van der Waals surface area contributed by atoms with Gasteiger partial charge in [-0.05, 0) is 24.5 Å². The Morgan fingerprint density at radius 2 is 2.20 bits per heavy atom. The van der Waals surface area contributed by atoms with E-state index in [4.69, 9.17) is 16.7 Å². The predicted octanol–water partition coefficient (Wildman–Crippen LogP) is 2.70. The second-order valence-electron chi connectivity index (χ2n) is 3.53. The molecule has 1 aromatic rings. The van der Waals surface area contributed by atoms with E-state index in [-0.39, 0.29) is 5.75 Å². The molecule has 15 heavy (non-hydrogen) atoms. The zero-order chi connectivity index (χ0) is 11.4. The number of carbonyl (C=O) groups is 1. The van der Waals surface area contributed by atoms with Crippen LogP contribution < -0.4 is 0 Å². The van der Waals surface area contributed by atoms with Crippen molar-refractivity contribution in [1.29, 1.82) is 0 Å². The molecular weight excluding hydrogens is 216 g/mol. The van der Waals surface area contributed by atoms with Crippen LogP contribution >= 0.6 is 11.6 Å². The van der Waals surface area contributed by atoms with Gasteiger partial charge in [0, 0.05) is 0 Å². The van der Waals surface area contributed by atoms with E-state index < -0.39 is 11.9 Å². The van der Waals surface area contributed by atoms with Gasteiger partial charge in [0.25, 0.3) is 0 Å². The van der Waals surface area contributed by atoms with Crippen molar-refractivity contribution in [3.8, 4) is 5.75 Å². The van der Waals surface area contributed by atoms with Crippen molar-refractivity contribution in [3.05, 3.63) is 28.8 Å². The molecule has 1 atom stereocenters. The summed E-state index contributed by atoms with van der Waals surface area (Å²) in [6.45, 7) is 1.64. The molecule has 0 spiro atoms. The first-order valence-corrected chi connectivity index (χ1v) is 5.09. The SMILES string of the molecule is CC(CCc1cccc(Cl)c1O)C(=O)O. The molecule has 0 amide bonds. The predicted molar refractivity (Wildman–Crippen MR) is 58.2 cm³/mol. The molecule has 0 radical (unpaired) electrons. The Labute approximate surface area is 93.3 Å². The van der Waals surface area contributed by atoms with Crippen LogP contribution in [-0.2, 0) is 11.2 Å². The summed E-state index contributed by atoms with van der Waals surface area (Å²) in [5, 5.41) is 18.6. The summed E-state index contributed by atoms with van der Waals surface area (Å²) in [5.41, 5.74) is 0.690. The van der Waals surface area contributed by atoms with Gasteiger partial charge in [0.2, 0.25) is 0 Å². The lowest BCUT2D eigenvalue weighted by Gasteiger charge is -2.08. The van der Waals surface area contributed by atoms with Crippen LogP contribution in [0, 0.1) is 5.92 Å². The summed E-state index contributed by atoms with van der Waals surface area (Å²) in [5.74, 6) is -1.18. The van der Waals surface area contributed by atoms with Gasteiger partial charge in [-0.3, -0.25) is 4.79 Å². The van der Waals surface area contributed by atoms with Gasteiger partial charge in [0.05, 0.1) is 10.9 Å². The Morgan fingerprint density at radius 3 is 2.80 bits per heavy atom. The van der Waals surface area contributed by atoms with Crippen molar-refractivity contribution >= 4 is 17.6 Å². The van der Waals surface area contributed by atoms with E-state index >= 15 is 0 Å². The van der Waals surface area contributed by atoms with Crippen molar-refractivity contribution < 1.29 is 15.0 Å². The van der Waals surface area contributed by atoms with Gasteiger partial charge in [-0.25, -0.2) is 0 Å². The van der Waals surface area contributed by atoms with E-state index in [1.165, 1.54) is 0 Å². The summed E-state index contributed by atoms with van der Waals surface area (Å²) in [6.07, 6.45) is 1.00. The van der Waals surface area contributed by atoms with Gasteiger partial charge >= 0.3 is 5.97 Å². The molecule has 0 aliphatic rings. The lowest BCUT2D eigenvalue weighted by atomic mass is 10.0. The van der Waals surface area contributed by atoms with Crippen molar-refractivity contribution in [1.82, 2.24) is 0 Å². The van der Waals surface area contributed by atoms with Gasteiger partial charge in [-0.15, -0.1) is 0 Å². The summed E-state index contributed by atoms with van der Waals surface area (Å²) < 4.78 is 0. The monoisotopic (exact) mass is 228 g/mol. The van der Waals surface area contributed by atoms with E-state index in [1.807, 2.05) is 0 Å².